The van der Waals surface area contributed by atoms with Crippen LogP contribution in [0.5, 0.6) is 0 Å². The third-order valence-corrected chi connectivity index (χ3v) is 4.81. The topological polar surface area (TPSA) is 49.3 Å². The van der Waals surface area contributed by atoms with Gasteiger partial charge in [0.1, 0.15) is 0 Å². The van der Waals surface area contributed by atoms with E-state index in [9.17, 15) is 9.90 Å². The number of rotatable bonds is 3. The van der Waals surface area contributed by atoms with Crippen molar-refractivity contribution < 1.29 is 9.90 Å². The second-order valence-electron chi connectivity index (χ2n) is 3.73. The molecule has 1 rings (SSSR count). The predicted octanol–water partition coefficient (Wildman–Crippen LogP) is 2.77. The van der Waals surface area contributed by atoms with E-state index in [1.54, 1.807) is 19.9 Å². The predicted molar refractivity (Wildman–Crippen MR) is 68.4 cm³/mol. The highest BCUT2D eigenvalue weighted by Gasteiger charge is 2.16. The van der Waals surface area contributed by atoms with E-state index in [0.717, 1.165) is 8.26 Å². The maximum atomic E-state index is 11.6. The summed E-state index contributed by atoms with van der Waals surface area (Å²) in [7, 11) is 0. The third-order valence-electron chi connectivity index (χ3n) is 1.55. The molecule has 0 radical (unpaired) electrons. The van der Waals surface area contributed by atoms with Crippen molar-refractivity contribution in [3.8, 4) is 0 Å². The summed E-state index contributed by atoms with van der Waals surface area (Å²) < 4.78 is 1.75. The first-order valence-electron chi connectivity index (χ1n) is 4.25. The lowest BCUT2D eigenvalue weighted by molar-refractivity contribution is 0.0696. The number of halogens is 2. The van der Waals surface area contributed by atoms with Crippen LogP contribution >= 0.6 is 43.2 Å². The van der Waals surface area contributed by atoms with Gasteiger partial charge in [-0.2, -0.15) is 0 Å². The number of hydrogen-bond donors (Lipinski definition) is 2. The number of hydrogen-bond acceptors (Lipinski definition) is 3. The highest BCUT2D eigenvalue weighted by atomic mass is 79.9. The largest absolute Gasteiger partial charge is 0.389 e. The summed E-state index contributed by atoms with van der Waals surface area (Å²) in [5.74, 6) is -0.173. The molecule has 0 aromatic carbocycles. The summed E-state index contributed by atoms with van der Waals surface area (Å²) in [4.78, 5) is 12.2. The number of amides is 1. The molecule has 0 aliphatic rings. The van der Waals surface area contributed by atoms with Gasteiger partial charge in [0.2, 0.25) is 0 Å². The fourth-order valence-electron chi connectivity index (χ4n) is 0.842. The van der Waals surface area contributed by atoms with Gasteiger partial charge in [0.25, 0.3) is 5.91 Å². The standard InChI is InChI=1S/C9H11Br2NO2S/c1-9(2,14)4-12-8(13)6-3-5(10)7(11)15-6/h3,14H,4H2,1-2H3,(H,12,13). The van der Waals surface area contributed by atoms with Crippen molar-refractivity contribution in [2.24, 2.45) is 0 Å². The Morgan fingerprint density at radius 2 is 2.20 bits per heavy atom. The van der Waals surface area contributed by atoms with E-state index in [-0.39, 0.29) is 12.5 Å². The van der Waals surface area contributed by atoms with Crippen molar-refractivity contribution >= 4 is 49.1 Å². The molecule has 1 amide bonds. The van der Waals surface area contributed by atoms with E-state index in [1.807, 2.05) is 0 Å². The Balaban J connectivity index is 2.62. The van der Waals surface area contributed by atoms with Crippen molar-refractivity contribution in [3.05, 3.63) is 19.2 Å². The van der Waals surface area contributed by atoms with Gasteiger partial charge in [0.05, 0.1) is 14.3 Å². The monoisotopic (exact) mass is 355 g/mol. The van der Waals surface area contributed by atoms with Crippen LogP contribution in [0.25, 0.3) is 0 Å². The van der Waals surface area contributed by atoms with Crippen molar-refractivity contribution in [1.82, 2.24) is 5.32 Å². The molecule has 0 aliphatic heterocycles. The van der Waals surface area contributed by atoms with E-state index in [1.165, 1.54) is 11.3 Å². The quantitative estimate of drug-likeness (QED) is 0.874. The number of carbonyl (C=O) groups excluding carboxylic acids is 1. The Bertz CT molecular complexity index is 351. The molecule has 0 saturated carbocycles. The highest BCUT2D eigenvalue weighted by molar-refractivity contribution is 9.13. The Kier molecular flexibility index (Phi) is 4.34. The number of nitrogens with one attached hydrogen (secondary N) is 1. The zero-order valence-electron chi connectivity index (χ0n) is 8.30. The second kappa shape index (κ2) is 4.95. The Morgan fingerprint density at radius 1 is 1.60 bits per heavy atom. The van der Waals surface area contributed by atoms with E-state index in [0.29, 0.717) is 4.88 Å². The molecule has 1 heterocycles. The van der Waals surface area contributed by atoms with Gasteiger partial charge in [-0.1, -0.05) is 0 Å². The summed E-state index contributed by atoms with van der Waals surface area (Å²) in [6.07, 6.45) is 0. The van der Waals surface area contributed by atoms with Crippen molar-refractivity contribution in [3.63, 3.8) is 0 Å². The first-order chi connectivity index (χ1) is 6.79. The van der Waals surface area contributed by atoms with Crippen LogP contribution in [0.2, 0.25) is 0 Å². The lowest BCUT2D eigenvalue weighted by atomic mass is 10.1. The molecule has 84 valence electrons. The molecule has 2 N–H and O–H groups in total. The Morgan fingerprint density at radius 3 is 2.60 bits per heavy atom. The van der Waals surface area contributed by atoms with E-state index < -0.39 is 5.60 Å². The van der Waals surface area contributed by atoms with E-state index in [2.05, 4.69) is 37.2 Å². The van der Waals surface area contributed by atoms with Crippen LogP contribution in [-0.2, 0) is 0 Å². The molecule has 0 aliphatic carbocycles. The van der Waals surface area contributed by atoms with E-state index in [4.69, 9.17) is 0 Å². The lowest BCUT2D eigenvalue weighted by Gasteiger charge is -2.16. The summed E-state index contributed by atoms with van der Waals surface area (Å²) in [5, 5.41) is 12.1. The molecule has 1 aromatic heterocycles. The average Bonchev–Trinajstić information content (AvgIpc) is 2.42. The maximum Gasteiger partial charge on any atom is 0.261 e. The normalized spacial score (nSPS) is 11.5. The van der Waals surface area contributed by atoms with Crippen LogP contribution in [0, 0.1) is 0 Å². The smallest absolute Gasteiger partial charge is 0.261 e. The van der Waals surface area contributed by atoms with Crippen LogP contribution in [0.1, 0.15) is 23.5 Å². The van der Waals surface area contributed by atoms with Crippen LogP contribution in [0.15, 0.2) is 14.3 Å². The summed E-state index contributed by atoms with van der Waals surface area (Å²) in [5.41, 5.74) is -0.888. The maximum absolute atomic E-state index is 11.6. The summed E-state index contributed by atoms with van der Waals surface area (Å²) in [6, 6.07) is 1.74. The minimum absolute atomic E-state index is 0.173. The van der Waals surface area contributed by atoms with Crippen LogP contribution in [0.4, 0.5) is 0 Å². The lowest BCUT2D eigenvalue weighted by Crippen LogP contribution is -2.37. The third kappa shape index (κ3) is 4.22. The molecule has 0 spiro atoms. The molecule has 1 aromatic rings. The van der Waals surface area contributed by atoms with Gasteiger partial charge in [0, 0.05) is 11.0 Å². The molecular formula is C9H11Br2NO2S. The Labute approximate surface area is 109 Å². The van der Waals surface area contributed by atoms with Crippen molar-refractivity contribution in [1.29, 1.82) is 0 Å². The van der Waals surface area contributed by atoms with E-state index >= 15 is 0 Å². The minimum Gasteiger partial charge on any atom is -0.389 e. The van der Waals surface area contributed by atoms with Gasteiger partial charge in [-0.25, -0.2) is 0 Å². The molecular weight excluding hydrogens is 346 g/mol. The number of thiophene rings is 1. The van der Waals surface area contributed by atoms with Gasteiger partial charge >= 0.3 is 0 Å². The van der Waals surface area contributed by atoms with Crippen molar-refractivity contribution in [2.75, 3.05) is 6.54 Å². The average molecular weight is 357 g/mol. The van der Waals surface area contributed by atoms with Gasteiger partial charge in [0.15, 0.2) is 0 Å². The molecule has 0 atom stereocenters. The molecule has 0 fully saturated rings. The minimum atomic E-state index is -0.888. The molecule has 0 saturated heterocycles. The van der Waals surface area contributed by atoms with Crippen LogP contribution in [-0.4, -0.2) is 23.2 Å². The van der Waals surface area contributed by atoms with Crippen LogP contribution in [0.3, 0.4) is 0 Å². The van der Waals surface area contributed by atoms with Gasteiger partial charge < -0.3 is 10.4 Å². The van der Waals surface area contributed by atoms with Gasteiger partial charge in [-0.15, -0.1) is 11.3 Å². The molecule has 15 heavy (non-hydrogen) atoms. The highest BCUT2D eigenvalue weighted by Crippen LogP contribution is 2.32. The zero-order valence-corrected chi connectivity index (χ0v) is 12.3. The molecule has 3 nitrogen and oxygen atoms in total. The number of aliphatic hydroxyl groups is 1. The fraction of sp³-hybridized carbons (Fsp3) is 0.444. The number of carbonyl (C=O) groups is 1. The molecule has 0 unspecified atom stereocenters. The zero-order chi connectivity index (χ0) is 11.6. The Hall–Kier alpha value is 0.0900. The van der Waals surface area contributed by atoms with Crippen molar-refractivity contribution in [2.45, 2.75) is 19.4 Å². The molecule has 0 bridgehead atoms. The summed E-state index contributed by atoms with van der Waals surface area (Å²) >= 11 is 7.98. The first-order valence-corrected chi connectivity index (χ1v) is 6.65. The summed E-state index contributed by atoms with van der Waals surface area (Å²) in [6.45, 7) is 3.53. The SMILES string of the molecule is CC(C)(O)CNC(=O)c1cc(Br)c(Br)s1. The van der Waals surface area contributed by atoms with Crippen LogP contribution < -0.4 is 5.32 Å². The fourth-order valence-corrected chi connectivity index (χ4v) is 2.79. The van der Waals surface area contributed by atoms with Gasteiger partial charge in [-0.3, -0.25) is 4.79 Å². The van der Waals surface area contributed by atoms with Gasteiger partial charge in [-0.05, 0) is 51.8 Å². The second-order valence-corrected chi connectivity index (χ2v) is 6.95. The molecule has 6 heteroatoms. The first kappa shape index (κ1) is 13.2.